The van der Waals surface area contributed by atoms with Crippen LogP contribution in [0, 0.1) is 0 Å². The Kier molecular flexibility index (Phi) is 3.21. The van der Waals surface area contributed by atoms with Crippen molar-refractivity contribution in [1.82, 2.24) is 5.32 Å². The molecule has 0 radical (unpaired) electrons. The zero-order valence-corrected chi connectivity index (χ0v) is 8.38. The van der Waals surface area contributed by atoms with Crippen LogP contribution >= 0.6 is 18.9 Å². The van der Waals surface area contributed by atoms with E-state index < -0.39 is 18.9 Å². The Balaban J connectivity index is 2.53. The summed E-state index contributed by atoms with van der Waals surface area (Å²) in [6.07, 6.45) is 2.07. The van der Waals surface area contributed by atoms with E-state index in [9.17, 15) is 0 Å². The van der Waals surface area contributed by atoms with E-state index in [2.05, 4.69) is 19.4 Å². The van der Waals surface area contributed by atoms with E-state index >= 15 is 0 Å². The van der Waals surface area contributed by atoms with E-state index in [-0.39, 0.29) is 0 Å². The van der Waals surface area contributed by atoms with E-state index in [0.29, 0.717) is 0 Å². The highest BCUT2D eigenvalue weighted by atomic mass is 127. The summed E-state index contributed by atoms with van der Waals surface area (Å²) in [7, 11) is 3.71. The van der Waals surface area contributed by atoms with Crippen molar-refractivity contribution in [3.05, 3.63) is 11.8 Å². The predicted molar refractivity (Wildman–Crippen MR) is 55.2 cm³/mol. The fourth-order valence-corrected chi connectivity index (χ4v) is 4.33. The van der Waals surface area contributed by atoms with Gasteiger partial charge in [-0.15, -0.1) is 18.9 Å². The van der Waals surface area contributed by atoms with Gasteiger partial charge in [-0.1, -0.05) is 0 Å². The molecule has 2 nitrogen and oxygen atoms in total. The molecule has 0 aromatic carbocycles. The van der Waals surface area contributed by atoms with Gasteiger partial charge >= 0.3 is 0 Å². The first-order valence-electron chi connectivity index (χ1n) is 3.08. The van der Waals surface area contributed by atoms with Crippen LogP contribution in [0.1, 0.15) is 0 Å². The molecule has 0 spiro atoms. The van der Waals surface area contributed by atoms with Gasteiger partial charge in [0.2, 0.25) is 0 Å². The van der Waals surface area contributed by atoms with Crippen molar-refractivity contribution in [2.45, 2.75) is 0 Å². The van der Waals surface area contributed by atoms with E-state index in [0.717, 1.165) is 10.3 Å². The molecular formula is C7H12INO. The molecular weight excluding hydrogens is 241 g/mol. The van der Waals surface area contributed by atoms with Crippen LogP contribution in [-0.2, 0) is 4.74 Å². The summed E-state index contributed by atoms with van der Waals surface area (Å²) < 4.78 is 10.8. The Labute approximate surface area is 67.6 Å². The third kappa shape index (κ3) is 1.98. The fourth-order valence-electron chi connectivity index (χ4n) is 0.704. The van der Waals surface area contributed by atoms with Crippen LogP contribution < -0.4 is 5.32 Å². The predicted octanol–water partition coefficient (Wildman–Crippen LogP) is 0.818. The minimum absolute atomic E-state index is 0.895. The van der Waals surface area contributed by atoms with E-state index in [1.54, 1.807) is 7.11 Å². The molecule has 0 aliphatic carbocycles. The number of rotatable bonds is 3. The molecule has 1 rings (SSSR count). The molecule has 1 N–H and O–H groups in total. The van der Waals surface area contributed by atoms with Crippen LogP contribution in [0.15, 0.2) is 11.8 Å². The molecule has 0 atom stereocenters. The molecule has 0 aromatic rings. The maximum Gasteiger partial charge on any atom is 0.124 e. The van der Waals surface area contributed by atoms with Gasteiger partial charge in [0.25, 0.3) is 0 Å². The topological polar surface area (TPSA) is 21.3 Å². The molecule has 0 bridgehead atoms. The number of nitrogens with one attached hydrogen (secondary N) is 1. The number of hydrogen-bond donors (Lipinski definition) is 1. The summed E-state index contributed by atoms with van der Waals surface area (Å²) in [5.41, 5.74) is 0. The van der Waals surface area contributed by atoms with Crippen molar-refractivity contribution >= 4 is 26.9 Å². The van der Waals surface area contributed by atoms with Gasteiger partial charge < -0.3 is 10.1 Å². The van der Waals surface area contributed by atoms with E-state index in [1.807, 2.05) is 7.05 Å². The Morgan fingerprint density at radius 2 is 2.50 bits per heavy atom. The summed E-state index contributed by atoms with van der Waals surface area (Å²) in [4.78, 5) is 0. The van der Waals surface area contributed by atoms with Gasteiger partial charge in [-0.05, 0) is 17.1 Å². The molecule has 1 aliphatic heterocycles. The number of allylic oxidation sites excluding steroid dienone is 2. The molecule has 0 fully saturated rings. The summed E-state index contributed by atoms with van der Waals surface area (Å²) in [6.45, 7) is 0. The molecule has 0 unspecified atom stereocenters. The maximum atomic E-state index is 5.07. The van der Waals surface area contributed by atoms with Crippen LogP contribution in [-0.4, -0.2) is 26.7 Å². The molecule has 10 heavy (non-hydrogen) atoms. The third-order valence-corrected chi connectivity index (χ3v) is 5.50. The highest BCUT2D eigenvalue weighted by Crippen LogP contribution is 2.14. The zero-order chi connectivity index (χ0) is 7.40. The molecule has 3 heteroatoms. The number of hydrogen-bond acceptors (Lipinski definition) is 2. The highest BCUT2D eigenvalue weighted by molar-refractivity contribution is 14.2. The second-order valence-corrected chi connectivity index (χ2v) is 6.52. The Bertz CT molecular complexity index is 224. The largest absolute Gasteiger partial charge is 0.496 e. The fraction of sp³-hybridized carbons (Fsp3) is 0.429. The lowest BCUT2D eigenvalue weighted by molar-refractivity contribution is 0.319. The number of alkyl halides is 1. The van der Waals surface area contributed by atoms with Gasteiger partial charge in [0.05, 0.1) is 7.11 Å². The molecule has 0 saturated heterocycles. The minimum atomic E-state index is -0.895. The lowest BCUT2D eigenvalue weighted by atomic mass is 10.5. The lowest BCUT2D eigenvalue weighted by Crippen LogP contribution is -2.01. The molecule has 0 saturated carbocycles. The van der Waals surface area contributed by atoms with Gasteiger partial charge in [0.15, 0.2) is 0 Å². The maximum absolute atomic E-state index is 5.07. The number of halogens is 1. The SMILES string of the molecule is CNCI1=CC=C(OC)C=1. The van der Waals surface area contributed by atoms with Gasteiger partial charge in [-0.25, -0.2) is 0 Å². The van der Waals surface area contributed by atoms with Crippen LogP contribution in [0.3, 0.4) is 0 Å². The minimum Gasteiger partial charge on any atom is -0.496 e. The number of methoxy groups -OCH3 is 1. The van der Waals surface area contributed by atoms with E-state index in [1.165, 1.54) is 0 Å². The second kappa shape index (κ2) is 3.98. The van der Waals surface area contributed by atoms with Gasteiger partial charge in [-0.3, -0.25) is 0 Å². The van der Waals surface area contributed by atoms with Crippen molar-refractivity contribution in [3.63, 3.8) is 0 Å². The van der Waals surface area contributed by atoms with Crippen LogP contribution in [0.25, 0.3) is 0 Å². The highest BCUT2D eigenvalue weighted by Gasteiger charge is 1.94. The van der Waals surface area contributed by atoms with Crippen molar-refractivity contribution < 1.29 is 4.74 Å². The normalized spacial score (nSPS) is 17.6. The summed E-state index contributed by atoms with van der Waals surface area (Å²) in [5.74, 6) is 1.04. The van der Waals surface area contributed by atoms with Crippen molar-refractivity contribution in [2.24, 2.45) is 0 Å². The Hall–Kier alpha value is -0.0300. The van der Waals surface area contributed by atoms with Crippen LogP contribution in [0.5, 0.6) is 0 Å². The summed E-state index contributed by atoms with van der Waals surface area (Å²) in [5, 5.41) is 3.17. The van der Waals surface area contributed by atoms with Crippen molar-refractivity contribution in [1.29, 1.82) is 0 Å². The first-order valence-corrected chi connectivity index (χ1v) is 7.10. The van der Waals surface area contributed by atoms with Gasteiger partial charge in [-0.2, -0.15) is 0 Å². The molecule has 1 aliphatic rings. The second-order valence-electron chi connectivity index (χ2n) is 1.93. The monoisotopic (exact) mass is 253 g/mol. The lowest BCUT2D eigenvalue weighted by Gasteiger charge is -1.93. The standard InChI is InChI=1S/C7H12INO/c1-9-6-8-4-3-7(5-8)10-2/h3-5,9H,6H2,1-2H3. The summed E-state index contributed by atoms with van der Waals surface area (Å²) >= 11 is -0.895. The summed E-state index contributed by atoms with van der Waals surface area (Å²) in [6, 6.07) is 0. The van der Waals surface area contributed by atoms with Gasteiger partial charge in [0.1, 0.15) is 5.76 Å². The quantitative estimate of drug-likeness (QED) is 0.456. The smallest absolute Gasteiger partial charge is 0.124 e. The molecule has 58 valence electrons. The van der Waals surface area contributed by atoms with E-state index in [4.69, 9.17) is 4.74 Å². The average molecular weight is 253 g/mol. The first-order chi connectivity index (χ1) is 4.86. The van der Waals surface area contributed by atoms with Gasteiger partial charge in [0, 0.05) is 8.56 Å². The van der Waals surface area contributed by atoms with Crippen LogP contribution in [0.4, 0.5) is 0 Å². The molecule has 0 aromatic heterocycles. The molecule has 0 amide bonds. The first kappa shape index (κ1) is 8.07. The molecule has 1 heterocycles. The van der Waals surface area contributed by atoms with Crippen molar-refractivity contribution in [3.8, 4) is 0 Å². The Morgan fingerprint density at radius 3 is 3.00 bits per heavy atom. The number of ether oxygens (including phenoxy) is 1. The van der Waals surface area contributed by atoms with Crippen LogP contribution in [0.2, 0.25) is 0 Å². The zero-order valence-electron chi connectivity index (χ0n) is 6.23. The van der Waals surface area contributed by atoms with Crippen molar-refractivity contribution in [2.75, 3.05) is 18.7 Å². The Morgan fingerprint density at radius 1 is 1.70 bits per heavy atom. The average Bonchev–Trinajstić information content (AvgIpc) is 2.37. The third-order valence-electron chi connectivity index (χ3n) is 1.16.